The Hall–Kier alpha value is -0.510. The van der Waals surface area contributed by atoms with Crippen molar-refractivity contribution < 1.29 is 0 Å². The molecule has 0 heterocycles. The summed E-state index contributed by atoms with van der Waals surface area (Å²) in [5.41, 5.74) is 1.45. The topological polar surface area (TPSA) is 23.8 Å². The van der Waals surface area contributed by atoms with E-state index in [9.17, 15) is 5.26 Å². The molecular formula is C25H43N. The summed E-state index contributed by atoms with van der Waals surface area (Å²) in [7, 11) is 0. The smallest absolute Gasteiger partial charge is 0.0689 e. The third kappa shape index (κ3) is 4.15. The maximum atomic E-state index is 9.89. The van der Waals surface area contributed by atoms with Crippen LogP contribution >= 0.6 is 0 Å². The molecule has 0 N–H and O–H groups in total. The second-order valence-corrected chi connectivity index (χ2v) is 10.4. The van der Waals surface area contributed by atoms with Gasteiger partial charge in [-0.2, -0.15) is 5.26 Å². The molecule has 0 aliphatic heterocycles. The van der Waals surface area contributed by atoms with Crippen LogP contribution in [-0.2, 0) is 0 Å². The fourth-order valence-electron chi connectivity index (χ4n) is 6.92. The van der Waals surface area contributed by atoms with Crippen LogP contribution in [0.4, 0.5) is 0 Å². The maximum absolute atomic E-state index is 9.89. The number of nitriles is 1. The molecule has 0 atom stereocenters. The fraction of sp³-hybridized carbons (Fsp3) is 0.960. The lowest BCUT2D eigenvalue weighted by molar-refractivity contribution is -0.0689. The molecule has 2 bridgehead atoms. The quantitative estimate of drug-likeness (QED) is 0.381. The first-order valence-electron chi connectivity index (χ1n) is 12.0. The van der Waals surface area contributed by atoms with Gasteiger partial charge in [0.05, 0.1) is 11.5 Å². The summed E-state index contributed by atoms with van der Waals surface area (Å²) in [5, 5.41) is 9.89. The van der Waals surface area contributed by atoms with Gasteiger partial charge in [0.25, 0.3) is 0 Å². The van der Waals surface area contributed by atoms with Crippen LogP contribution in [0.25, 0.3) is 0 Å². The van der Waals surface area contributed by atoms with Crippen molar-refractivity contribution in [3.63, 3.8) is 0 Å². The molecule has 4 fully saturated rings. The van der Waals surface area contributed by atoms with Gasteiger partial charge in [0, 0.05) is 0 Å². The molecule has 0 aromatic heterocycles. The predicted molar refractivity (Wildman–Crippen MR) is 111 cm³/mol. The summed E-state index contributed by atoms with van der Waals surface area (Å²) in [6.45, 7) is 4.62. The summed E-state index contributed by atoms with van der Waals surface area (Å²) < 4.78 is 0. The third-order valence-corrected chi connectivity index (χ3v) is 9.08. The van der Waals surface area contributed by atoms with E-state index in [2.05, 4.69) is 19.9 Å². The van der Waals surface area contributed by atoms with Crippen molar-refractivity contribution in [2.24, 2.45) is 22.2 Å². The van der Waals surface area contributed by atoms with Gasteiger partial charge in [-0.3, -0.25) is 0 Å². The van der Waals surface area contributed by atoms with Crippen molar-refractivity contribution in [1.82, 2.24) is 0 Å². The first-order valence-corrected chi connectivity index (χ1v) is 12.0. The average Bonchev–Trinajstić information content (AvgIpc) is 2.71. The first-order chi connectivity index (χ1) is 12.6. The standard InChI is InChI=1S/C25H43N/c1-3-5-7-8-12-24(21-26)13-9-22(10-14-24)25-18-15-23(16-19-25,17-20-25)11-6-4-2/h22H,3-20H2,1-2H3/t22-,23?,24-,25?. The van der Waals surface area contributed by atoms with Gasteiger partial charge >= 0.3 is 0 Å². The molecule has 0 aromatic carbocycles. The Morgan fingerprint density at radius 3 is 1.88 bits per heavy atom. The number of hydrogen-bond acceptors (Lipinski definition) is 1. The largest absolute Gasteiger partial charge is 0.198 e. The molecule has 0 amide bonds. The van der Waals surface area contributed by atoms with Gasteiger partial charge in [0.15, 0.2) is 0 Å². The molecule has 4 aliphatic rings. The van der Waals surface area contributed by atoms with Crippen LogP contribution in [0, 0.1) is 33.5 Å². The molecule has 1 heteroatoms. The summed E-state index contributed by atoms with van der Waals surface area (Å²) in [6, 6.07) is 2.79. The van der Waals surface area contributed by atoms with E-state index in [1.54, 1.807) is 0 Å². The minimum atomic E-state index is 0.0368. The predicted octanol–water partition coefficient (Wildman–Crippen LogP) is 8.19. The molecule has 0 saturated heterocycles. The number of nitrogens with zero attached hydrogens (tertiary/aromatic N) is 1. The highest BCUT2D eigenvalue weighted by Crippen LogP contribution is 2.64. The molecule has 4 rings (SSSR count). The van der Waals surface area contributed by atoms with E-state index in [0.717, 1.165) is 11.3 Å². The van der Waals surface area contributed by atoms with Crippen molar-refractivity contribution in [3.05, 3.63) is 0 Å². The SMILES string of the molecule is CCCCCC[C@]1(C#N)CC[C@H](C23CCC(CCCC)(CC2)CC3)CC1. The number of hydrogen-bond donors (Lipinski definition) is 0. The van der Waals surface area contributed by atoms with E-state index in [1.807, 2.05) is 0 Å². The van der Waals surface area contributed by atoms with Crippen molar-refractivity contribution in [1.29, 1.82) is 5.26 Å². The summed E-state index contributed by atoms with van der Waals surface area (Å²) in [5.74, 6) is 0.934. The van der Waals surface area contributed by atoms with E-state index in [4.69, 9.17) is 0 Å². The molecule has 0 unspecified atom stereocenters. The van der Waals surface area contributed by atoms with Crippen molar-refractivity contribution >= 4 is 0 Å². The minimum Gasteiger partial charge on any atom is -0.198 e. The molecule has 0 radical (unpaired) electrons. The lowest BCUT2D eigenvalue weighted by Crippen LogP contribution is -2.47. The van der Waals surface area contributed by atoms with Gasteiger partial charge in [-0.15, -0.1) is 0 Å². The van der Waals surface area contributed by atoms with E-state index in [1.165, 1.54) is 116 Å². The Bertz CT molecular complexity index is 452. The first kappa shape index (κ1) is 20.2. The number of fused-ring (bicyclic) bond motifs is 3. The molecule has 26 heavy (non-hydrogen) atoms. The molecular weight excluding hydrogens is 314 g/mol. The van der Waals surface area contributed by atoms with E-state index in [-0.39, 0.29) is 5.41 Å². The van der Waals surface area contributed by atoms with Gasteiger partial charge < -0.3 is 0 Å². The van der Waals surface area contributed by atoms with Crippen LogP contribution in [-0.4, -0.2) is 0 Å². The third-order valence-electron chi connectivity index (χ3n) is 9.08. The second kappa shape index (κ2) is 8.67. The summed E-state index contributed by atoms with van der Waals surface area (Å²) in [6.07, 6.45) is 24.9. The van der Waals surface area contributed by atoms with Gasteiger partial charge in [0.2, 0.25) is 0 Å². The number of unbranched alkanes of at least 4 members (excludes halogenated alkanes) is 4. The van der Waals surface area contributed by atoms with E-state index in [0.29, 0.717) is 5.41 Å². The number of rotatable bonds is 9. The highest BCUT2D eigenvalue weighted by Gasteiger charge is 2.52. The van der Waals surface area contributed by atoms with Crippen molar-refractivity contribution in [3.8, 4) is 6.07 Å². The molecule has 4 saturated carbocycles. The van der Waals surface area contributed by atoms with Gasteiger partial charge in [-0.25, -0.2) is 0 Å². The second-order valence-electron chi connectivity index (χ2n) is 10.4. The molecule has 1 nitrogen and oxygen atoms in total. The van der Waals surface area contributed by atoms with Crippen molar-refractivity contribution in [2.45, 2.75) is 129 Å². The molecule has 148 valence electrons. The normalized spacial score (nSPS) is 39.7. The Morgan fingerprint density at radius 2 is 1.35 bits per heavy atom. The minimum absolute atomic E-state index is 0.0368. The highest BCUT2D eigenvalue weighted by atomic mass is 14.6. The molecule has 4 aliphatic carbocycles. The molecule has 0 spiro atoms. The Morgan fingerprint density at radius 1 is 0.731 bits per heavy atom. The zero-order valence-electron chi connectivity index (χ0n) is 17.8. The van der Waals surface area contributed by atoms with Crippen LogP contribution in [0.1, 0.15) is 129 Å². The molecule has 0 aromatic rings. The zero-order chi connectivity index (χ0) is 18.5. The average molecular weight is 358 g/mol. The summed E-state index contributed by atoms with van der Waals surface area (Å²) >= 11 is 0. The lowest BCUT2D eigenvalue weighted by atomic mass is 9.47. The van der Waals surface area contributed by atoms with E-state index < -0.39 is 0 Å². The van der Waals surface area contributed by atoms with Crippen LogP contribution in [0.2, 0.25) is 0 Å². The van der Waals surface area contributed by atoms with Gasteiger partial charge in [0.1, 0.15) is 0 Å². The van der Waals surface area contributed by atoms with Gasteiger partial charge in [-0.1, -0.05) is 52.4 Å². The fourth-order valence-corrected chi connectivity index (χ4v) is 6.92. The Kier molecular flexibility index (Phi) is 6.74. The van der Waals surface area contributed by atoms with Crippen LogP contribution in [0.3, 0.4) is 0 Å². The van der Waals surface area contributed by atoms with Crippen molar-refractivity contribution in [2.75, 3.05) is 0 Å². The Labute approximate surface area is 163 Å². The van der Waals surface area contributed by atoms with Crippen LogP contribution in [0.5, 0.6) is 0 Å². The van der Waals surface area contributed by atoms with Gasteiger partial charge in [-0.05, 0) is 93.8 Å². The zero-order valence-corrected chi connectivity index (χ0v) is 17.8. The monoisotopic (exact) mass is 357 g/mol. The highest BCUT2D eigenvalue weighted by molar-refractivity contribution is 5.07. The van der Waals surface area contributed by atoms with E-state index >= 15 is 0 Å². The lowest BCUT2D eigenvalue weighted by Gasteiger charge is -2.58. The van der Waals surface area contributed by atoms with Crippen LogP contribution in [0.15, 0.2) is 0 Å². The summed E-state index contributed by atoms with van der Waals surface area (Å²) in [4.78, 5) is 0. The Balaban J connectivity index is 1.52. The maximum Gasteiger partial charge on any atom is 0.0689 e. The van der Waals surface area contributed by atoms with Crippen LogP contribution < -0.4 is 0 Å².